The van der Waals surface area contributed by atoms with Gasteiger partial charge in [0.2, 0.25) is 0 Å². The molecular formula is C19H23NO. The van der Waals surface area contributed by atoms with Gasteiger partial charge < -0.3 is 10.1 Å². The van der Waals surface area contributed by atoms with E-state index in [1.807, 2.05) is 12.1 Å². The molecule has 1 aliphatic carbocycles. The highest BCUT2D eigenvalue weighted by Gasteiger charge is 2.10. The zero-order valence-electron chi connectivity index (χ0n) is 12.7. The Kier molecular flexibility index (Phi) is 4.56. The molecule has 2 aromatic rings. The number of rotatable bonds is 5. The minimum absolute atomic E-state index is 0.908. The Morgan fingerprint density at radius 2 is 1.62 bits per heavy atom. The van der Waals surface area contributed by atoms with Crippen molar-refractivity contribution in [2.45, 2.75) is 39.2 Å². The average Bonchev–Trinajstić information content (AvgIpc) is 2.54. The van der Waals surface area contributed by atoms with E-state index in [1.54, 1.807) is 0 Å². The van der Waals surface area contributed by atoms with Crippen molar-refractivity contribution in [2.24, 2.45) is 0 Å². The van der Waals surface area contributed by atoms with E-state index in [0.717, 1.165) is 24.6 Å². The molecule has 0 bridgehead atoms. The summed E-state index contributed by atoms with van der Waals surface area (Å²) in [6.07, 6.45) is 5.03. The van der Waals surface area contributed by atoms with E-state index in [0.29, 0.717) is 0 Å². The maximum Gasteiger partial charge on any atom is 0.127 e. The molecule has 2 aromatic carbocycles. The molecule has 2 heteroatoms. The van der Waals surface area contributed by atoms with Crippen LogP contribution in [-0.4, -0.2) is 6.54 Å². The third-order valence-electron chi connectivity index (χ3n) is 4.06. The van der Waals surface area contributed by atoms with Gasteiger partial charge in [-0.1, -0.05) is 25.1 Å². The first-order valence-electron chi connectivity index (χ1n) is 7.94. The van der Waals surface area contributed by atoms with Gasteiger partial charge in [-0.15, -0.1) is 0 Å². The highest BCUT2D eigenvalue weighted by atomic mass is 16.5. The Bertz CT molecular complexity index is 589. The van der Waals surface area contributed by atoms with Crippen LogP contribution in [0.3, 0.4) is 0 Å². The minimum Gasteiger partial charge on any atom is -0.457 e. The average molecular weight is 281 g/mol. The third kappa shape index (κ3) is 3.64. The Labute approximate surface area is 127 Å². The molecule has 0 atom stereocenters. The van der Waals surface area contributed by atoms with E-state index in [4.69, 9.17) is 4.74 Å². The molecule has 1 N–H and O–H groups in total. The lowest BCUT2D eigenvalue weighted by Crippen LogP contribution is -2.11. The molecule has 0 fully saturated rings. The summed E-state index contributed by atoms with van der Waals surface area (Å²) in [5.41, 5.74) is 4.24. The molecule has 0 aliphatic heterocycles. The van der Waals surface area contributed by atoms with Gasteiger partial charge in [0.1, 0.15) is 11.5 Å². The fraction of sp³-hybridized carbons (Fsp3) is 0.368. The Morgan fingerprint density at radius 3 is 2.38 bits per heavy atom. The number of nitrogens with one attached hydrogen (secondary N) is 1. The second kappa shape index (κ2) is 6.77. The molecular weight excluding hydrogens is 258 g/mol. The monoisotopic (exact) mass is 281 g/mol. The maximum atomic E-state index is 5.98. The molecule has 3 rings (SSSR count). The van der Waals surface area contributed by atoms with Crippen LogP contribution in [0.5, 0.6) is 11.5 Å². The molecule has 0 amide bonds. The van der Waals surface area contributed by atoms with Gasteiger partial charge in [-0.25, -0.2) is 0 Å². The van der Waals surface area contributed by atoms with Crippen molar-refractivity contribution in [3.63, 3.8) is 0 Å². The van der Waals surface area contributed by atoms with Crippen molar-refractivity contribution >= 4 is 0 Å². The smallest absolute Gasteiger partial charge is 0.127 e. The van der Waals surface area contributed by atoms with Crippen LogP contribution in [-0.2, 0) is 19.4 Å². The summed E-state index contributed by atoms with van der Waals surface area (Å²) < 4.78 is 5.98. The van der Waals surface area contributed by atoms with Gasteiger partial charge in [0.15, 0.2) is 0 Å². The molecule has 21 heavy (non-hydrogen) atoms. The van der Waals surface area contributed by atoms with Crippen molar-refractivity contribution < 1.29 is 4.74 Å². The minimum atomic E-state index is 0.908. The van der Waals surface area contributed by atoms with Gasteiger partial charge in [0, 0.05) is 6.54 Å². The molecule has 0 aromatic heterocycles. The second-order valence-corrected chi connectivity index (χ2v) is 5.66. The van der Waals surface area contributed by atoms with Gasteiger partial charge in [-0.2, -0.15) is 0 Å². The van der Waals surface area contributed by atoms with Crippen LogP contribution in [0.4, 0.5) is 0 Å². The lowest BCUT2D eigenvalue weighted by atomic mass is 9.92. The van der Waals surface area contributed by atoms with E-state index < -0.39 is 0 Å². The Hall–Kier alpha value is -1.80. The predicted molar refractivity (Wildman–Crippen MR) is 87.0 cm³/mol. The molecule has 0 radical (unpaired) electrons. The fourth-order valence-corrected chi connectivity index (χ4v) is 2.85. The van der Waals surface area contributed by atoms with Crippen molar-refractivity contribution in [2.75, 3.05) is 6.54 Å². The Balaban J connectivity index is 1.68. The number of aryl methyl sites for hydroxylation is 2. The third-order valence-corrected chi connectivity index (χ3v) is 4.06. The molecule has 0 saturated heterocycles. The van der Waals surface area contributed by atoms with Crippen molar-refractivity contribution in [1.29, 1.82) is 0 Å². The molecule has 110 valence electrons. The van der Waals surface area contributed by atoms with Crippen molar-refractivity contribution in [3.05, 3.63) is 59.2 Å². The summed E-state index contributed by atoms with van der Waals surface area (Å²) in [5.74, 6) is 1.86. The van der Waals surface area contributed by atoms with E-state index >= 15 is 0 Å². The molecule has 0 saturated carbocycles. The first kappa shape index (κ1) is 14.2. The quantitative estimate of drug-likeness (QED) is 0.873. The lowest BCUT2D eigenvalue weighted by Gasteiger charge is -2.16. The first-order valence-corrected chi connectivity index (χ1v) is 7.94. The number of benzene rings is 2. The van der Waals surface area contributed by atoms with Crippen LogP contribution in [0.25, 0.3) is 0 Å². The van der Waals surface area contributed by atoms with E-state index in [9.17, 15) is 0 Å². The van der Waals surface area contributed by atoms with Gasteiger partial charge in [0.25, 0.3) is 0 Å². The van der Waals surface area contributed by atoms with Crippen LogP contribution in [0.2, 0.25) is 0 Å². The van der Waals surface area contributed by atoms with Gasteiger partial charge in [-0.3, -0.25) is 0 Å². The van der Waals surface area contributed by atoms with E-state index in [2.05, 4.69) is 42.6 Å². The molecule has 1 aliphatic rings. The summed E-state index contributed by atoms with van der Waals surface area (Å²) in [7, 11) is 0. The highest BCUT2D eigenvalue weighted by molar-refractivity contribution is 5.40. The van der Waals surface area contributed by atoms with Crippen LogP contribution >= 0.6 is 0 Å². The van der Waals surface area contributed by atoms with Gasteiger partial charge >= 0.3 is 0 Å². The summed E-state index contributed by atoms with van der Waals surface area (Å²) in [5, 5.41) is 3.33. The fourth-order valence-electron chi connectivity index (χ4n) is 2.85. The zero-order valence-corrected chi connectivity index (χ0v) is 12.7. The zero-order chi connectivity index (χ0) is 14.5. The predicted octanol–water partition coefficient (Wildman–Crippen LogP) is 4.47. The molecule has 2 nitrogen and oxygen atoms in total. The van der Waals surface area contributed by atoms with Gasteiger partial charge in [0.05, 0.1) is 0 Å². The van der Waals surface area contributed by atoms with E-state index in [1.165, 1.54) is 42.4 Å². The Morgan fingerprint density at radius 1 is 0.905 bits per heavy atom. The first-order chi connectivity index (χ1) is 10.3. The molecule has 0 unspecified atom stereocenters. The van der Waals surface area contributed by atoms with E-state index in [-0.39, 0.29) is 0 Å². The largest absolute Gasteiger partial charge is 0.457 e. The highest BCUT2D eigenvalue weighted by Crippen LogP contribution is 2.28. The van der Waals surface area contributed by atoms with Crippen molar-refractivity contribution in [3.8, 4) is 11.5 Å². The number of fused-ring (bicyclic) bond motifs is 1. The molecule has 0 spiro atoms. The topological polar surface area (TPSA) is 21.3 Å². The van der Waals surface area contributed by atoms with Crippen LogP contribution < -0.4 is 10.1 Å². The number of ether oxygens (including phenoxy) is 1. The summed E-state index contributed by atoms with van der Waals surface area (Å²) in [4.78, 5) is 0. The standard InChI is InChI=1S/C19H23NO/c1-2-20-14-15-7-10-18(11-8-15)21-19-12-9-16-5-3-4-6-17(16)13-19/h7-13,20H,2-6,14H2,1H3. The summed E-state index contributed by atoms with van der Waals surface area (Å²) in [6, 6.07) is 14.9. The van der Waals surface area contributed by atoms with Crippen LogP contribution in [0.1, 0.15) is 36.5 Å². The normalized spacial score (nSPS) is 13.8. The summed E-state index contributed by atoms with van der Waals surface area (Å²) in [6.45, 7) is 4.02. The summed E-state index contributed by atoms with van der Waals surface area (Å²) >= 11 is 0. The van der Waals surface area contributed by atoms with Crippen LogP contribution in [0.15, 0.2) is 42.5 Å². The van der Waals surface area contributed by atoms with Crippen molar-refractivity contribution in [1.82, 2.24) is 5.32 Å². The van der Waals surface area contributed by atoms with Crippen LogP contribution in [0, 0.1) is 0 Å². The number of hydrogen-bond donors (Lipinski definition) is 1. The SMILES string of the molecule is CCNCc1ccc(Oc2ccc3c(c2)CCCC3)cc1. The second-order valence-electron chi connectivity index (χ2n) is 5.66. The lowest BCUT2D eigenvalue weighted by molar-refractivity contribution is 0.480. The molecule has 0 heterocycles. The van der Waals surface area contributed by atoms with Gasteiger partial charge in [-0.05, 0) is 73.2 Å². The number of hydrogen-bond acceptors (Lipinski definition) is 2. The maximum absolute atomic E-state index is 5.98.